The molecule has 1 aliphatic rings. The number of aliphatic hydroxyl groups excluding tert-OH is 1. The Bertz CT molecular complexity index is 1030. The largest absolute Gasteiger partial charge is 0.497 e. The number of nitrogens with zero attached hydrogens (tertiary/aromatic N) is 3. The molecule has 0 radical (unpaired) electrons. The van der Waals surface area contributed by atoms with Gasteiger partial charge in [-0.2, -0.15) is 5.10 Å². The van der Waals surface area contributed by atoms with Crippen molar-refractivity contribution in [2.45, 2.75) is 45.3 Å². The summed E-state index contributed by atoms with van der Waals surface area (Å²) in [5, 5.41) is 15.4. The van der Waals surface area contributed by atoms with Crippen molar-refractivity contribution in [1.29, 1.82) is 0 Å². The van der Waals surface area contributed by atoms with Crippen LogP contribution >= 0.6 is 0 Å². The van der Waals surface area contributed by atoms with Crippen LogP contribution in [0.15, 0.2) is 54.6 Å². The van der Waals surface area contributed by atoms with Gasteiger partial charge in [-0.1, -0.05) is 49.7 Å². The van der Waals surface area contributed by atoms with Gasteiger partial charge >= 0.3 is 0 Å². The van der Waals surface area contributed by atoms with Crippen LogP contribution in [0.3, 0.4) is 0 Å². The summed E-state index contributed by atoms with van der Waals surface area (Å²) in [5.74, 6) is 2.89. The van der Waals surface area contributed by atoms with Gasteiger partial charge in [0.1, 0.15) is 17.2 Å². The van der Waals surface area contributed by atoms with Gasteiger partial charge in [0.2, 0.25) is 5.88 Å². The van der Waals surface area contributed by atoms with Crippen LogP contribution in [0, 0.1) is 5.92 Å². The van der Waals surface area contributed by atoms with Gasteiger partial charge < -0.3 is 14.6 Å². The Morgan fingerprint density at radius 3 is 2.58 bits per heavy atom. The van der Waals surface area contributed by atoms with E-state index in [1.165, 1.54) is 12.8 Å². The highest BCUT2D eigenvalue weighted by atomic mass is 16.5. The van der Waals surface area contributed by atoms with Gasteiger partial charge in [-0.3, -0.25) is 4.90 Å². The number of hydrogen-bond donors (Lipinski definition) is 1. The molecule has 6 nitrogen and oxygen atoms in total. The van der Waals surface area contributed by atoms with E-state index < -0.39 is 0 Å². The number of rotatable bonds is 12. The van der Waals surface area contributed by atoms with E-state index in [1.54, 1.807) is 7.11 Å². The van der Waals surface area contributed by atoms with Crippen molar-refractivity contribution >= 4 is 0 Å². The molecule has 0 unspecified atom stereocenters. The number of aliphatic hydroxyl groups is 1. The third-order valence-electron chi connectivity index (χ3n) is 6.08. The molecule has 0 spiro atoms. The maximum Gasteiger partial charge on any atom is 0.222 e. The van der Waals surface area contributed by atoms with Crippen LogP contribution in [0.25, 0.3) is 11.3 Å². The van der Waals surface area contributed by atoms with Gasteiger partial charge in [-0.15, -0.1) is 0 Å². The standard InChI is InChI=1S/C27H35N3O3/c1-4-9-22(31)18-30(17-20-14-15-20)19-25-26(21-10-6-5-7-11-21)28-29(2)27(25)33-24-13-8-12-23(16-24)32-3/h5-8,10-13,16,20,22,31H,4,9,14-15,17-19H2,1-3H3/t22-/m0/s1. The fourth-order valence-corrected chi connectivity index (χ4v) is 4.24. The van der Waals surface area contributed by atoms with E-state index in [9.17, 15) is 5.11 Å². The van der Waals surface area contributed by atoms with Crippen molar-refractivity contribution in [2.24, 2.45) is 13.0 Å². The Morgan fingerprint density at radius 1 is 1.12 bits per heavy atom. The zero-order chi connectivity index (χ0) is 23.2. The first-order valence-electron chi connectivity index (χ1n) is 11.9. The summed E-state index contributed by atoms with van der Waals surface area (Å²) in [6.07, 6.45) is 4.00. The highest BCUT2D eigenvalue weighted by molar-refractivity contribution is 5.65. The fourth-order valence-electron chi connectivity index (χ4n) is 4.24. The van der Waals surface area contributed by atoms with E-state index in [0.29, 0.717) is 24.7 Å². The van der Waals surface area contributed by atoms with Crippen molar-refractivity contribution in [3.63, 3.8) is 0 Å². The lowest BCUT2D eigenvalue weighted by Crippen LogP contribution is -2.33. The summed E-state index contributed by atoms with van der Waals surface area (Å²) in [5.41, 5.74) is 3.02. The monoisotopic (exact) mass is 449 g/mol. The molecule has 2 aromatic carbocycles. The Kier molecular flexibility index (Phi) is 7.68. The summed E-state index contributed by atoms with van der Waals surface area (Å²) in [4.78, 5) is 2.37. The number of ether oxygens (including phenoxy) is 2. The predicted molar refractivity (Wildman–Crippen MR) is 131 cm³/mol. The second-order valence-corrected chi connectivity index (χ2v) is 8.98. The molecule has 1 aliphatic carbocycles. The summed E-state index contributed by atoms with van der Waals surface area (Å²) in [6, 6.07) is 17.9. The number of aromatic nitrogens is 2. The quantitative estimate of drug-likeness (QED) is 0.409. The highest BCUT2D eigenvalue weighted by Gasteiger charge is 2.28. The smallest absolute Gasteiger partial charge is 0.222 e. The molecular formula is C27H35N3O3. The number of methoxy groups -OCH3 is 1. The van der Waals surface area contributed by atoms with Gasteiger partial charge in [0.05, 0.1) is 18.8 Å². The van der Waals surface area contributed by atoms with Crippen molar-refractivity contribution in [1.82, 2.24) is 14.7 Å². The molecule has 1 atom stereocenters. The zero-order valence-electron chi connectivity index (χ0n) is 19.9. The average Bonchev–Trinajstić information content (AvgIpc) is 3.59. The molecule has 1 N–H and O–H groups in total. The minimum Gasteiger partial charge on any atom is -0.497 e. The van der Waals surface area contributed by atoms with E-state index in [0.717, 1.165) is 47.9 Å². The summed E-state index contributed by atoms with van der Waals surface area (Å²) < 4.78 is 13.6. The highest BCUT2D eigenvalue weighted by Crippen LogP contribution is 2.36. The minimum atomic E-state index is -0.326. The van der Waals surface area contributed by atoms with Crippen LogP contribution in [0.4, 0.5) is 0 Å². The van der Waals surface area contributed by atoms with Crippen LogP contribution in [0.2, 0.25) is 0 Å². The first kappa shape index (κ1) is 23.3. The second-order valence-electron chi connectivity index (χ2n) is 8.98. The van der Waals surface area contributed by atoms with E-state index in [-0.39, 0.29) is 6.10 Å². The average molecular weight is 450 g/mol. The molecule has 1 heterocycles. The Labute approximate surface area is 196 Å². The first-order valence-corrected chi connectivity index (χ1v) is 11.9. The lowest BCUT2D eigenvalue weighted by atomic mass is 10.1. The summed E-state index contributed by atoms with van der Waals surface area (Å²) in [6.45, 7) is 4.44. The molecule has 1 fully saturated rings. The summed E-state index contributed by atoms with van der Waals surface area (Å²) in [7, 11) is 3.57. The van der Waals surface area contributed by atoms with Crippen LogP contribution in [0.1, 0.15) is 38.2 Å². The van der Waals surface area contributed by atoms with Gasteiger partial charge in [-0.05, 0) is 37.3 Å². The van der Waals surface area contributed by atoms with E-state index in [1.807, 2.05) is 54.2 Å². The Balaban J connectivity index is 1.69. The Morgan fingerprint density at radius 2 is 1.88 bits per heavy atom. The molecular weight excluding hydrogens is 414 g/mol. The lowest BCUT2D eigenvalue weighted by molar-refractivity contribution is 0.0979. The van der Waals surface area contributed by atoms with E-state index in [4.69, 9.17) is 14.6 Å². The van der Waals surface area contributed by atoms with Crippen LogP contribution in [0.5, 0.6) is 17.4 Å². The molecule has 1 aromatic heterocycles. The number of hydrogen-bond acceptors (Lipinski definition) is 5. The molecule has 6 heteroatoms. The lowest BCUT2D eigenvalue weighted by Gasteiger charge is -2.25. The van der Waals surface area contributed by atoms with Crippen LogP contribution in [-0.4, -0.2) is 46.1 Å². The van der Waals surface area contributed by atoms with Gasteiger partial charge in [0, 0.05) is 38.3 Å². The number of benzene rings is 2. The Hall–Kier alpha value is -2.83. The van der Waals surface area contributed by atoms with Gasteiger partial charge in [0.15, 0.2) is 0 Å². The molecule has 0 bridgehead atoms. The number of aryl methyl sites for hydroxylation is 1. The van der Waals surface area contributed by atoms with Crippen molar-refractivity contribution in [3.8, 4) is 28.6 Å². The summed E-state index contributed by atoms with van der Waals surface area (Å²) >= 11 is 0. The van der Waals surface area contributed by atoms with Crippen LogP contribution < -0.4 is 9.47 Å². The predicted octanol–water partition coefficient (Wildman–Crippen LogP) is 5.26. The molecule has 0 aliphatic heterocycles. The van der Waals surface area contributed by atoms with Crippen molar-refractivity contribution < 1.29 is 14.6 Å². The topological polar surface area (TPSA) is 59.8 Å². The molecule has 1 saturated carbocycles. The third kappa shape index (κ3) is 6.15. The van der Waals surface area contributed by atoms with Crippen molar-refractivity contribution in [3.05, 3.63) is 60.2 Å². The fraction of sp³-hybridized carbons (Fsp3) is 0.444. The van der Waals surface area contributed by atoms with E-state index >= 15 is 0 Å². The van der Waals surface area contributed by atoms with Crippen molar-refractivity contribution in [2.75, 3.05) is 20.2 Å². The normalized spacial score (nSPS) is 14.5. The molecule has 0 amide bonds. The first-order chi connectivity index (χ1) is 16.1. The zero-order valence-corrected chi connectivity index (χ0v) is 19.9. The SMILES string of the molecule is CCC[C@H](O)CN(Cc1c(-c2ccccc2)nn(C)c1Oc1cccc(OC)c1)CC1CC1. The molecule has 176 valence electrons. The molecule has 0 saturated heterocycles. The third-order valence-corrected chi connectivity index (χ3v) is 6.08. The molecule has 33 heavy (non-hydrogen) atoms. The second kappa shape index (κ2) is 10.9. The molecule has 4 rings (SSSR count). The minimum absolute atomic E-state index is 0.326. The maximum absolute atomic E-state index is 10.6. The molecule has 3 aromatic rings. The van der Waals surface area contributed by atoms with Crippen LogP contribution in [-0.2, 0) is 13.6 Å². The van der Waals surface area contributed by atoms with Gasteiger partial charge in [0.25, 0.3) is 0 Å². The van der Waals surface area contributed by atoms with E-state index in [2.05, 4.69) is 24.0 Å². The van der Waals surface area contributed by atoms with Gasteiger partial charge in [-0.25, -0.2) is 4.68 Å². The maximum atomic E-state index is 10.6.